The van der Waals surface area contributed by atoms with Crippen LogP contribution in [0.5, 0.6) is 23.0 Å². The molecular formula is C38H32N14NiO8. The minimum Gasteiger partial charge on any atom is -0.497 e. The molecule has 4 heterocycles. The van der Waals surface area contributed by atoms with Crippen molar-refractivity contribution in [1.82, 2.24) is 19.9 Å². The molecule has 61 heavy (non-hydrogen) atoms. The van der Waals surface area contributed by atoms with Crippen molar-refractivity contribution >= 4 is 46.1 Å². The average Bonchev–Trinajstić information content (AvgIpc) is 3.29. The third-order valence-electron chi connectivity index (χ3n) is 7.45. The minimum absolute atomic E-state index is 0. The van der Waals surface area contributed by atoms with Crippen LogP contribution < -0.4 is 18.9 Å². The summed E-state index contributed by atoms with van der Waals surface area (Å²) in [5, 5.41) is 46.3. The Morgan fingerprint density at radius 2 is 0.984 bits per heavy atom. The average molecular weight is 871 g/mol. The number of methoxy groups -OCH3 is 4. The van der Waals surface area contributed by atoms with Crippen LogP contribution in [0.2, 0.25) is 0 Å². The summed E-state index contributed by atoms with van der Waals surface area (Å²) in [6.45, 7) is 0. The molecule has 0 bridgehead atoms. The van der Waals surface area contributed by atoms with Gasteiger partial charge in [-0.2, -0.15) is 0 Å². The Hall–Kier alpha value is -8.33. The van der Waals surface area contributed by atoms with Crippen LogP contribution in [0.3, 0.4) is 0 Å². The fourth-order valence-corrected chi connectivity index (χ4v) is 4.48. The summed E-state index contributed by atoms with van der Waals surface area (Å²) in [6, 6.07) is 25.9. The van der Waals surface area contributed by atoms with E-state index < -0.39 is 9.85 Å². The summed E-state index contributed by atoms with van der Waals surface area (Å²) < 4.78 is 21.0. The van der Waals surface area contributed by atoms with Crippen LogP contribution in [-0.2, 0) is 16.5 Å². The first-order valence-corrected chi connectivity index (χ1v) is 17.1. The van der Waals surface area contributed by atoms with Crippen molar-refractivity contribution in [3.8, 4) is 23.0 Å². The molecule has 0 atom stereocenters. The second-order valence-corrected chi connectivity index (χ2v) is 11.2. The van der Waals surface area contributed by atoms with Crippen molar-refractivity contribution in [2.45, 2.75) is 0 Å². The van der Waals surface area contributed by atoms with Crippen LogP contribution in [0.4, 0.5) is 34.4 Å². The van der Waals surface area contributed by atoms with Crippen LogP contribution in [-0.4, -0.2) is 69.9 Å². The molecule has 0 radical (unpaired) electrons. The van der Waals surface area contributed by atoms with E-state index in [4.69, 9.17) is 18.9 Å². The standard InChI is InChI=1S/2C19H16N7O4.Ni/c2*1-29-14-7-8-17(30-2)16(11-14)22-24-19(15-5-3-4-10-20-15)25-23-18-9-6-13(12-21-18)26(27)28;/h2*3-12H,1-2H3;/q2*-1;+2/b2*24-22?,25-19-;. The van der Waals surface area contributed by atoms with E-state index in [2.05, 4.69) is 61.4 Å². The third kappa shape index (κ3) is 13.4. The zero-order chi connectivity index (χ0) is 42.7. The number of aromatic nitrogens is 4. The summed E-state index contributed by atoms with van der Waals surface area (Å²) in [5.41, 5.74) is 9.36. The Labute approximate surface area is 356 Å². The van der Waals surface area contributed by atoms with E-state index in [0.29, 0.717) is 45.8 Å². The molecule has 0 aliphatic rings. The summed E-state index contributed by atoms with van der Waals surface area (Å²) in [4.78, 5) is 36.6. The molecule has 0 unspecified atom stereocenters. The van der Waals surface area contributed by atoms with Gasteiger partial charge in [0.05, 0.1) is 38.3 Å². The zero-order valence-corrected chi connectivity index (χ0v) is 33.4. The fourth-order valence-electron chi connectivity index (χ4n) is 4.48. The van der Waals surface area contributed by atoms with Crippen molar-refractivity contribution in [2.75, 3.05) is 28.4 Å². The van der Waals surface area contributed by atoms with Gasteiger partial charge in [0.1, 0.15) is 45.8 Å². The van der Waals surface area contributed by atoms with Gasteiger partial charge in [-0.15, -0.1) is 20.5 Å². The van der Waals surface area contributed by atoms with E-state index in [1.165, 1.54) is 38.5 Å². The summed E-state index contributed by atoms with van der Waals surface area (Å²) in [6.07, 6.45) is 5.35. The normalized spacial score (nSPS) is 11.1. The number of hydrogen-bond acceptors (Lipinski definition) is 16. The van der Waals surface area contributed by atoms with Crippen molar-refractivity contribution in [3.05, 3.63) is 164 Å². The van der Waals surface area contributed by atoms with Crippen molar-refractivity contribution in [1.29, 1.82) is 0 Å². The van der Waals surface area contributed by atoms with Gasteiger partial charge in [0.2, 0.25) is 0 Å². The molecule has 6 rings (SSSR count). The van der Waals surface area contributed by atoms with Crippen LogP contribution in [0, 0.1) is 20.2 Å². The number of hydrogen-bond donors (Lipinski definition) is 0. The Morgan fingerprint density at radius 3 is 1.30 bits per heavy atom. The molecule has 0 saturated heterocycles. The molecule has 0 fully saturated rings. The van der Waals surface area contributed by atoms with Gasteiger partial charge in [-0.1, -0.05) is 24.3 Å². The Kier molecular flexibility index (Phi) is 17.2. The van der Waals surface area contributed by atoms with Crippen LogP contribution >= 0.6 is 0 Å². The third-order valence-corrected chi connectivity index (χ3v) is 7.45. The maximum Gasteiger partial charge on any atom is 2.00 e. The molecule has 0 amide bonds. The first-order chi connectivity index (χ1) is 29.2. The largest absolute Gasteiger partial charge is 2.00 e. The summed E-state index contributed by atoms with van der Waals surface area (Å²) in [5.74, 6) is 2.72. The second-order valence-electron chi connectivity index (χ2n) is 11.2. The van der Waals surface area contributed by atoms with Crippen molar-refractivity contribution in [2.24, 2.45) is 30.7 Å². The van der Waals surface area contributed by atoms with Gasteiger partial charge in [-0.25, -0.2) is 10.2 Å². The maximum atomic E-state index is 10.7. The van der Waals surface area contributed by atoms with Gasteiger partial charge in [-0.05, 0) is 60.2 Å². The molecule has 6 aromatic rings. The SMILES string of the molecule is COc1ccc(OC)c(N=N/C(=N\[N-]c2ccc([N+](=O)[O-])cn2)c2ccccn2)c1.COc1ccc(OC)c(N=N/C(=N\[N-]c2ccc([N+](=O)[O-])cn2)c2ccccn2)c1.[Ni+2]. The number of rotatable bonds is 14. The first-order valence-electron chi connectivity index (χ1n) is 17.1. The van der Waals surface area contributed by atoms with Gasteiger partial charge < -0.3 is 39.8 Å². The van der Waals surface area contributed by atoms with Gasteiger partial charge in [0, 0.05) is 49.1 Å². The summed E-state index contributed by atoms with van der Waals surface area (Å²) in [7, 11) is 6.12. The van der Waals surface area contributed by atoms with E-state index in [0.717, 1.165) is 12.4 Å². The molecule has 312 valence electrons. The van der Waals surface area contributed by atoms with Gasteiger partial charge in [-0.3, -0.25) is 30.2 Å². The van der Waals surface area contributed by atoms with Crippen LogP contribution in [0.15, 0.2) is 153 Å². The number of benzene rings is 2. The van der Waals surface area contributed by atoms with E-state index in [9.17, 15) is 20.2 Å². The topological polar surface area (TPSA) is 277 Å². The molecule has 0 aliphatic carbocycles. The predicted octanol–water partition coefficient (Wildman–Crippen LogP) is 9.10. The van der Waals surface area contributed by atoms with E-state index in [1.807, 2.05) is 0 Å². The predicted molar refractivity (Wildman–Crippen MR) is 217 cm³/mol. The Morgan fingerprint density at radius 1 is 0.557 bits per heavy atom. The fraction of sp³-hybridized carbons (Fsp3) is 0.105. The van der Waals surface area contributed by atoms with Gasteiger partial charge in [0.25, 0.3) is 11.4 Å². The van der Waals surface area contributed by atoms with Crippen molar-refractivity contribution < 1.29 is 45.3 Å². The number of nitrogens with zero attached hydrogens (tertiary/aromatic N) is 14. The molecule has 4 aromatic heterocycles. The van der Waals surface area contributed by atoms with Gasteiger partial charge in [0.15, 0.2) is 11.7 Å². The van der Waals surface area contributed by atoms with Crippen LogP contribution in [0.25, 0.3) is 10.9 Å². The smallest absolute Gasteiger partial charge is 0.497 e. The molecule has 0 aliphatic heterocycles. The Bertz CT molecular complexity index is 2320. The minimum atomic E-state index is -0.547. The van der Waals surface area contributed by atoms with Crippen LogP contribution in [0.1, 0.15) is 11.4 Å². The molecule has 23 heteroatoms. The number of azo groups is 2. The van der Waals surface area contributed by atoms with Crippen molar-refractivity contribution in [3.63, 3.8) is 0 Å². The quantitative estimate of drug-likeness (QED) is 0.0247. The molecule has 2 aromatic carbocycles. The van der Waals surface area contributed by atoms with E-state index in [1.54, 1.807) is 99.4 Å². The number of amidine groups is 2. The van der Waals surface area contributed by atoms with E-state index in [-0.39, 0.29) is 51.2 Å². The number of pyridine rings is 4. The zero-order valence-electron chi connectivity index (χ0n) is 32.4. The molecular weight excluding hydrogens is 839 g/mol. The molecule has 0 spiro atoms. The second kappa shape index (κ2) is 23.2. The van der Waals surface area contributed by atoms with Gasteiger partial charge >= 0.3 is 16.5 Å². The Balaban J connectivity index is 0.000000264. The molecule has 22 nitrogen and oxygen atoms in total. The number of ether oxygens (including phenoxy) is 4. The number of nitro groups is 2. The first kappa shape index (κ1) is 45.4. The summed E-state index contributed by atoms with van der Waals surface area (Å²) >= 11 is 0. The maximum absolute atomic E-state index is 10.7. The monoisotopic (exact) mass is 870 g/mol. The van der Waals surface area contributed by atoms with E-state index >= 15 is 0 Å². The molecule has 0 saturated carbocycles. The molecule has 0 N–H and O–H groups in total.